The topological polar surface area (TPSA) is 68.6 Å². The zero-order chi connectivity index (χ0) is 22.6. The van der Waals surface area contributed by atoms with Gasteiger partial charge in [0.1, 0.15) is 16.5 Å². The maximum atomic E-state index is 12.8. The van der Waals surface area contributed by atoms with Crippen LogP contribution in [0.5, 0.6) is 5.75 Å². The van der Waals surface area contributed by atoms with E-state index in [1.807, 2.05) is 36.4 Å². The summed E-state index contributed by atoms with van der Waals surface area (Å²) in [6.07, 6.45) is 2.11. The summed E-state index contributed by atoms with van der Waals surface area (Å²) in [5.41, 5.74) is 3.29. The molecular weight excluding hydrogens is 436 g/mol. The van der Waals surface area contributed by atoms with Crippen LogP contribution in [0.2, 0.25) is 0 Å². The molecule has 3 heterocycles. The molecule has 1 aliphatic heterocycles. The summed E-state index contributed by atoms with van der Waals surface area (Å²) in [5.74, 6) is 0.579. The van der Waals surface area contributed by atoms with Crippen LogP contribution in [0, 0.1) is 0 Å². The van der Waals surface area contributed by atoms with E-state index in [1.165, 1.54) is 11.3 Å². The summed E-state index contributed by atoms with van der Waals surface area (Å²) < 4.78 is 12.9. The Morgan fingerprint density at radius 2 is 1.94 bits per heavy atom. The summed E-state index contributed by atoms with van der Waals surface area (Å²) in [6.45, 7) is 5.55. The Balaban J connectivity index is 1.24. The van der Waals surface area contributed by atoms with Gasteiger partial charge in [-0.1, -0.05) is 0 Å². The van der Waals surface area contributed by atoms with E-state index in [0.29, 0.717) is 5.69 Å². The number of carbonyl (C=O) groups is 1. The van der Waals surface area contributed by atoms with Crippen LogP contribution in [0.4, 0.5) is 5.69 Å². The van der Waals surface area contributed by atoms with E-state index in [2.05, 4.69) is 38.1 Å². The Morgan fingerprint density at radius 3 is 2.73 bits per heavy atom. The van der Waals surface area contributed by atoms with Gasteiger partial charge in [-0.05, 0) is 48.5 Å². The number of methoxy groups -OCH3 is 1. The molecule has 4 aromatic rings. The van der Waals surface area contributed by atoms with Crippen molar-refractivity contribution in [1.29, 1.82) is 0 Å². The molecule has 1 saturated heterocycles. The van der Waals surface area contributed by atoms with Crippen LogP contribution in [0.25, 0.3) is 21.5 Å². The van der Waals surface area contributed by atoms with Gasteiger partial charge in [-0.2, -0.15) is 0 Å². The van der Waals surface area contributed by atoms with Gasteiger partial charge in [0.2, 0.25) is 0 Å². The Hall–Kier alpha value is -3.20. The van der Waals surface area contributed by atoms with E-state index in [0.717, 1.165) is 72.3 Å². The highest BCUT2D eigenvalue weighted by atomic mass is 32.1. The second-order valence-electron chi connectivity index (χ2n) is 7.96. The van der Waals surface area contributed by atoms with Crippen molar-refractivity contribution in [3.05, 3.63) is 65.8 Å². The SMILES string of the molecule is COc1ccc(-c2nc(C(=O)Nc3ccc4c(ccn4CCN4CCOCC4)c3)cs2)cc1. The molecule has 2 aromatic carbocycles. The summed E-state index contributed by atoms with van der Waals surface area (Å²) in [6, 6.07) is 15.8. The largest absolute Gasteiger partial charge is 0.497 e. The maximum Gasteiger partial charge on any atom is 0.275 e. The fraction of sp³-hybridized carbons (Fsp3) is 0.280. The summed E-state index contributed by atoms with van der Waals surface area (Å²) >= 11 is 1.45. The number of aromatic nitrogens is 2. The number of thiazole rings is 1. The lowest BCUT2D eigenvalue weighted by atomic mass is 10.2. The van der Waals surface area contributed by atoms with Crippen LogP contribution in [-0.2, 0) is 11.3 Å². The van der Waals surface area contributed by atoms with E-state index in [1.54, 1.807) is 12.5 Å². The number of benzene rings is 2. The maximum absolute atomic E-state index is 12.8. The average Bonchev–Trinajstić information content (AvgIpc) is 3.51. The Bertz CT molecular complexity index is 1240. The first kappa shape index (κ1) is 21.6. The Labute approximate surface area is 196 Å². The van der Waals surface area contributed by atoms with E-state index >= 15 is 0 Å². The molecular formula is C25H26N4O3S. The summed E-state index contributed by atoms with van der Waals surface area (Å²) in [4.78, 5) is 19.7. The predicted molar refractivity (Wildman–Crippen MR) is 131 cm³/mol. The predicted octanol–water partition coefficient (Wildman–Crippen LogP) is 4.36. The summed E-state index contributed by atoms with van der Waals surface area (Å²) in [5, 5.41) is 6.67. The average molecular weight is 463 g/mol. The normalized spacial score (nSPS) is 14.5. The van der Waals surface area contributed by atoms with Crippen molar-refractivity contribution in [2.75, 3.05) is 45.3 Å². The van der Waals surface area contributed by atoms with Gasteiger partial charge in [0, 0.05) is 59.9 Å². The standard InChI is InChI=1S/C25H26N4O3S/c1-31-21-5-2-18(3-6-21)25-27-22(17-33-25)24(30)26-20-4-7-23-19(16-20)8-9-29(23)11-10-28-12-14-32-15-13-28/h2-9,16-17H,10-15H2,1H3,(H,26,30). The second-order valence-corrected chi connectivity index (χ2v) is 8.82. The van der Waals surface area contributed by atoms with Gasteiger partial charge in [-0.15, -0.1) is 11.3 Å². The molecule has 0 unspecified atom stereocenters. The highest BCUT2D eigenvalue weighted by Crippen LogP contribution is 2.26. The number of hydrogen-bond acceptors (Lipinski definition) is 6. The van der Waals surface area contributed by atoms with Crippen molar-refractivity contribution >= 4 is 33.8 Å². The molecule has 2 aromatic heterocycles. The van der Waals surface area contributed by atoms with Gasteiger partial charge in [-0.3, -0.25) is 9.69 Å². The number of rotatable bonds is 7. The number of nitrogens with zero attached hydrogens (tertiary/aromatic N) is 3. The molecule has 0 saturated carbocycles. The zero-order valence-corrected chi connectivity index (χ0v) is 19.3. The van der Waals surface area contributed by atoms with E-state index in [4.69, 9.17) is 9.47 Å². The highest BCUT2D eigenvalue weighted by Gasteiger charge is 2.14. The molecule has 5 rings (SSSR count). The lowest BCUT2D eigenvalue weighted by Gasteiger charge is -2.26. The molecule has 0 atom stereocenters. The van der Waals surface area contributed by atoms with Gasteiger partial charge >= 0.3 is 0 Å². The molecule has 0 radical (unpaired) electrons. The minimum Gasteiger partial charge on any atom is -0.497 e. The van der Waals surface area contributed by atoms with Crippen LogP contribution < -0.4 is 10.1 Å². The number of hydrogen-bond donors (Lipinski definition) is 1. The number of morpholine rings is 1. The van der Waals surface area contributed by atoms with Gasteiger partial charge in [-0.25, -0.2) is 4.98 Å². The van der Waals surface area contributed by atoms with Crippen LogP contribution in [0.3, 0.4) is 0 Å². The molecule has 1 aliphatic rings. The fourth-order valence-electron chi connectivity index (χ4n) is 3.99. The molecule has 8 heteroatoms. The monoisotopic (exact) mass is 462 g/mol. The number of amides is 1. The fourth-order valence-corrected chi connectivity index (χ4v) is 4.79. The number of carbonyl (C=O) groups excluding carboxylic acids is 1. The molecule has 1 fully saturated rings. The number of anilines is 1. The second kappa shape index (κ2) is 9.74. The van der Waals surface area contributed by atoms with Crippen molar-refractivity contribution < 1.29 is 14.3 Å². The number of ether oxygens (including phenoxy) is 2. The lowest BCUT2D eigenvalue weighted by molar-refractivity contribution is 0.0365. The van der Waals surface area contributed by atoms with E-state index < -0.39 is 0 Å². The van der Waals surface area contributed by atoms with Gasteiger partial charge in [0.25, 0.3) is 5.91 Å². The van der Waals surface area contributed by atoms with Gasteiger partial charge in [0.15, 0.2) is 0 Å². The molecule has 170 valence electrons. The van der Waals surface area contributed by atoms with Crippen molar-refractivity contribution in [2.45, 2.75) is 6.54 Å². The first-order valence-corrected chi connectivity index (χ1v) is 11.9. The van der Waals surface area contributed by atoms with Crippen LogP contribution in [0.15, 0.2) is 60.1 Å². The highest BCUT2D eigenvalue weighted by molar-refractivity contribution is 7.13. The van der Waals surface area contributed by atoms with Crippen LogP contribution in [-0.4, -0.2) is 60.3 Å². The smallest absolute Gasteiger partial charge is 0.275 e. The van der Waals surface area contributed by atoms with E-state index in [9.17, 15) is 4.79 Å². The van der Waals surface area contributed by atoms with Crippen molar-refractivity contribution in [2.24, 2.45) is 0 Å². The Morgan fingerprint density at radius 1 is 1.12 bits per heavy atom. The van der Waals surface area contributed by atoms with Crippen molar-refractivity contribution in [1.82, 2.24) is 14.5 Å². The third kappa shape index (κ3) is 4.93. The summed E-state index contributed by atoms with van der Waals surface area (Å²) in [7, 11) is 1.64. The molecule has 33 heavy (non-hydrogen) atoms. The molecule has 0 spiro atoms. The zero-order valence-electron chi connectivity index (χ0n) is 18.5. The minimum atomic E-state index is -0.211. The van der Waals surface area contributed by atoms with Gasteiger partial charge in [0.05, 0.1) is 20.3 Å². The number of nitrogens with one attached hydrogen (secondary N) is 1. The lowest BCUT2D eigenvalue weighted by Crippen LogP contribution is -2.38. The van der Waals surface area contributed by atoms with Gasteiger partial charge < -0.3 is 19.4 Å². The molecule has 1 amide bonds. The molecule has 0 bridgehead atoms. The number of fused-ring (bicyclic) bond motifs is 1. The molecule has 7 nitrogen and oxygen atoms in total. The van der Waals surface area contributed by atoms with Crippen LogP contribution >= 0.6 is 11.3 Å². The van der Waals surface area contributed by atoms with Crippen molar-refractivity contribution in [3.8, 4) is 16.3 Å². The molecule has 1 N–H and O–H groups in total. The van der Waals surface area contributed by atoms with E-state index in [-0.39, 0.29) is 5.91 Å². The third-order valence-electron chi connectivity index (χ3n) is 5.86. The first-order valence-electron chi connectivity index (χ1n) is 11.0. The van der Waals surface area contributed by atoms with Crippen LogP contribution in [0.1, 0.15) is 10.5 Å². The quantitative estimate of drug-likeness (QED) is 0.442. The minimum absolute atomic E-state index is 0.211. The van der Waals surface area contributed by atoms with Crippen molar-refractivity contribution in [3.63, 3.8) is 0 Å². The first-order chi connectivity index (χ1) is 16.2. The third-order valence-corrected chi connectivity index (χ3v) is 6.75. The Kier molecular flexibility index (Phi) is 6.39. The molecule has 0 aliphatic carbocycles.